The van der Waals surface area contributed by atoms with E-state index in [-0.39, 0.29) is 0 Å². The summed E-state index contributed by atoms with van der Waals surface area (Å²) < 4.78 is 0. The van der Waals surface area contributed by atoms with Crippen molar-refractivity contribution >= 4 is 5.69 Å². The van der Waals surface area contributed by atoms with Crippen molar-refractivity contribution in [3.05, 3.63) is 58.2 Å². The topological polar surface area (TPSA) is 44.0 Å². The average Bonchev–Trinajstić information content (AvgIpc) is 3.19. The number of nitrogens with zero attached hydrogens (tertiary/aromatic N) is 2. The molecule has 0 bridgehead atoms. The van der Waals surface area contributed by atoms with Gasteiger partial charge in [0.2, 0.25) is 0 Å². The Labute approximate surface area is 162 Å². The lowest BCUT2D eigenvalue weighted by Crippen LogP contribution is -2.40. The number of rotatable bonds is 4. The summed E-state index contributed by atoms with van der Waals surface area (Å²) in [6.45, 7) is 5.49. The number of hydrogen-bond donors (Lipinski definition) is 2. The quantitative estimate of drug-likeness (QED) is 0.782. The SMILES string of the molecule is Cc1cccc(NC(=C2CC2)N2Cc3c(C4CCCC4)n[nH]c3CC2C)c1. The summed E-state index contributed by atoms with van der Waals surface area (Å²) in [7, 11) is 0. The number of aromatic nitrogens is 2. The zero-order chi connectivity index (χ0) is 18.4. The van der Waals surface area contributed by atoms with Gasteiger partial charge in [0, 0.05) is 41.9 Å². The monoisotopic (exact) mass is 362 g/mol. The molecule has 1 aliphatic heterocycles. The molecule has 3 aliphatic rings. The average molecular weight is 363 g/mol. The highest BCUT2D eigenvalue weighted by Gasteiger charge is 2.34. The van der Waals surface area contributed by atoms with Crippen LogP contribution in [-0.4, -0.2) is 21.1 Å². The van der Waals surface area contributed by atoms with Crippen molar-refractivity contribution in [2.45, 2.75) is 77.3 Å². The fraction of sp³-hybridized carbons (Fsp3) is 0.522. The molecule has 1 aromatic carbocycles. The van der Waals surface area contributed by atoms with Crippen LogP contribution >= 0.6 is 0 Å². The van der Waals surface area contributed by atoms with Crippen LogP contribution in [0, 0.1) is 6.92 Å². The van der Waals surface area contributed by atoms with Crippen LogP contribution in [-0.2, 0) is 13.0 Å². The van der Waals surface area contributed by atoms with E-state index in [1.54, 1.807) is 5.57 Å². The first-order chi connectivity index (χ1) is 13.2. The van der Waals surface area contributed by atoms with Crippen LogP contribution in [0.15, 0.2) is 35.7 Å². The minimum atomic E-state index is 0.481. The van der Waals surface area contributed by atoms with Crippen molar-refractivity contribution in [1.29, 1.82) is 0 Å². The standard InChI is InChI=1S/C23H30N4/c1-15-6-5-9-19(12-15)24-23(18-10-11-18)27-14-20-21(13-16(27)2)25-26-22(20)17-7-3-4-8-17/h5-6,9,12,16-17,24H,3-4,7-8,10-11,13-14H2,1-2H3,(H,25,26). The molecule has 2 aromatic rings. The molecule has 0 radical (unpaired) electrons. The van der Waals surface area contributed by atoms with Gasteiger partial charge in [-0.15, -0.1) is 0 Å². The summed E-state index contributed by atoms with van der Waals surface area (Å²) in [5.41, 5.74) is 8.27. The van der Waals surface area contributed by atoms with Gasteiger partial charge in [0.25, 0.3) is 0 Å². The van der Waals surface area contributed by atoms with Gasteiger partial charge in [0.05, 0.1) is 5.69 Å². The van der Waals surface area contributed by atoms with E-state index in [1.165, 1.54) is 72.5 Å². The highest BCUT2D eigenvalue weighted by molar-refractivity contribution is 5.52. The zero-order valence-corrected chi connectivity index (χ0v) is 16.5. The van der Waals surface area contributed by atoms with Gasteiger partial charge in [0.15, 0.2) is 0 Å². The van der Waals surface area contributed by atoms with Gasteiger partial charge in [-0.2, -0.15) is 5.10 Å². The Hall–Kier alpha value is -2.23. The fourth-order valence-electron chi connectivity index (χ4n) is 4.85. The van der Waals surface area contributed by atoms with Crippen molar-refractivity contribution in [1.82, 2.24) is 15.1 Å². The van der Waals surface area contributed by atoms with Crippen LogP contribution in [0.3, 0.4) is 0 Å². The molecule has 1 atom stereocenters. The van der Waals surface area contributed by atoms with E-state index in [0.717, 1.165) is 13.0 Å². The van der Waals surface area contributed by atoms with Crippen molar-refractivity contribution in [3.8, 4) is 0 Å². The molecule has 142 valence electrons. The third-order valence-electron chi connectivity index (χ3n) is 6.49. The lowest BCUT2D eigenvalue weighted by Gasteiger charge is -2.37. The molecule has 4 heteroatoms. The molecule has 2 aliphatic carbocycles. The lowest BCUT2D eigenvalue weighted by atomic mass is 9.93. The smallest absolute Gasteiger partial charge is 0.105 e. The van der Waals surface area contributed by atoms with Crippen molar-refractivity contribution in [2.24, 2.45) is 0 Å². The molecule has 5 rings (SSSR count). The summed E-state index contributed by atoms with van der Waals surface area (Å²) in [5, 5.41) is 11.9. The van der Waals surface area contributed by atoms with E-state index < -0.39 is 0 Å². The second-order valence-corrected chi connectivity index (χ2v) is 8.68. The van der Waals surface area contributed by atoms with Gasteiger partial charge in [-0.05, 0) is 62.8 Å². The van der Waals surface area contributed by atoms with E-state index >= 15 is 0 Å². The normalized spacial score (nSPS) is 22.1. The van der Waals surface area contributed by atoms with E-state index in [4.69, 9.17) is 5.10 Å². The van der Waals surface area contributed by atoms with Gasteiger partial charge in [-0.3, -0.25) is 5.10 Å². The first-order valence-electron chi connectivity index (χ1n) is 10.6. The number of aromatic amines is 1. The van der Waals surface area contributed by atoms with Crippen molar-refractivity contribution < 1.29 is 0 Å². The number of anilines is 1. The molecular formula is C23H30N4. The van der Waals surface area contributed by atoms with Crippen LogP contribution in [0.5, 0.6) is 0 Å². The Morgan fingerprint density at radius 3 is 2.78 bits per heavy atom. The van der Waals surface area contributed by atoms with Gasteiger partial charge in [-0.1, -0.05) is 25.0 Å². The Kier molecular flexibility index (Phi) is 4.22. The molecule has 0 saturated heterocycles. The number of allylic oxidation sites excluding steroid dienone is 1. The predicted molar refractivity (Wildman–Crippen MR) is 110 cm³/mol. The number of benzene rings is 1. The molecular weight excluding hydrogens is 332 g/mol. The maximum Gasteiger partial charge on any atom is 0.105 e. The Morgan fingerprint density at radius 2 is 2.04 bits per heavy atom. The Morgan fingerprint density at radius 1 is 1.22 bits per heavy atom. The van der Waals surface area contributed by atoms with Crippen molar-refractivity contribution in [3.63, 3.8) is 0 Å². The van der Waals surface area contributed by atoms with E-state index in [1.807, 2.05) is 0 Å². The number of fused-ring (bicyclic) bond motifs is 1. The number of nitrogens with one attached hydrogen (secondary N) is 2. The second-order valence-electron chi connectivity index (χ2n) is 8.68. The maximum atomic E-state index is 4.78. The largest absolute Gasteiger partial charge is 0.351 e. The van der Waals surface area contributed by atoms with Crippen LogP contribution in [0.1, 0.15) is 73.9 Å². The second kappa shape index (κ2) is 6.74. The fourth-order valence-corrected chi connectivity index (χ4v) is 4.85. The molecule has 1 aromatic heterocycles. The number of hydrogen-bond acceptors (Lipinski definition) is 3. The lowest BCUT2D eigenvalue weighted by molar-refractivity contribution is 0.240. The summed E-state index contributed by atoms with van der Waals surface area (Å²) >= 11 is 0. The zero-order valence-electron chi connectivity index (χ0n) is 16.5. The molecule has 2 N–H and O–H groups in total. The van der Waals surface area contributed by atoms with E-state index in [0.29, 0.717) is 12.0 Å². The molecule has 0 spiro atoms. The van der Waals surface area contributed by atoms with Crippen LogP contribution in [0.2, 0.25) is 0 Å². The maximum absolute atomic E-state index is 4.78. The molecule has 2 saturated carbocycles. The van der Waals surface area contributed by atoms with Gasteiger partial charge >= 0.3 is 0 Å². The summed E-state index contributed by atoms with van der Waals surface area (Å²) in [6.07, 6.45) is 8.84. The highest BCUT2D eigenvalue weighted by Crippen LogP contribution is 2.40. The summed E-state index contributed by atoms with van der Waals surface area (Å²) in [4.78, 5) is 2.60. The minimum Gasteiger partial charge on any atom is -0.351 e. The number of aryl methyl sites for hydroxylation is 1. The predicted octanol–water partition coefficient (Wildman–Crippen LogP) is 5.24. The molecule has 2 heterocycles. The van der Waals surface area contributed by atoms with Crippen LogP contribution in [0.4, 0.5) is 5.69 Å². The minimum absolute atomic E-state index is 0.481. The number of H-pyrrole nitrogens is 1. The van der Waals surface area contributed by atoms with Crippen LogP contribution < -0.4 is 5.32 Å². The van der Waals surface area contributed by atoms with Gasteiger partial charge in [0.1, 0.15) is 5.82 Å². The highest BCUT2D eigenvalue weighted by atomic mass is 15.3. The first kappa shape index (κ1) is 16.9. The van der Waals surface area contributed by atoms with Crippen molar-refractivity contribution in [2.75, 3.05) is 5.32 Å². The molecule has 0 amide bonds. The Balaban J connectivity index is 1.44. The molecule has 27 heavy (non-hydrogen) atoms. The van der Waals surface area contributed by atoms with Gasteiger partial charge < -0.3 is 10.2 Å². The third-order valence-corrected chi connectivity index (χ3v) is 6.49. The molecule has 4 nitrogen and oxygen atoms in total. The summed E-state index contributed by atoms with van der Waals surface area (Å²) in [6, 6.07) is 9.20. The molecule has 1 unspecified atom stereocenters. The molecule has 2 fully saturated rings. The van der Waals surface area contributed by atoms with E-state index in [2.05, 4.69) is 53.4 Å². The van der Waals surface area contributed by atoms with Crippen LogP contribution in [0.25, 0.3) is 0 Å². The van der Waals surface area contributed by atoms with Gasteiger partial charge in [-0.25, -0.2) is 0 Å². The Bertz CT molecular complexity index is 866. The third kappa shape index (κ3) is 3.26. The first-order valence-corrected chi connectivity index (χ1v) is 10.6. The van der Waals surface area contributed by atoms with E-state index in [9.17, 15) is 0 Å². The summed E-state index contributed by atoms with van der Waals surface area (Å²) in [5.74, 6) is 2.01.